The van der Waals surface area contributed by atoms with Crippen molar-refractivity contribution >= 4 is 21.9 Å². The van der Waals surface area contributed by atoms with Crippen LogP contribution < -0.4 is 9.04 Å². The normalized spacial score (nSPS) is 18.5. The van der Waals surface area contributed by atoms with E-state index in [1.165, 1.54) is 11.4 Å². The van der Waals surface area contributed by atoms with Gasteiger partial charge in [-0.05, 0) is 26.0 Å². The summed E-state index contributed by atoms with van der Waals surface area (Å²) in [4.78, 5) is 11.2. The maximum atomic E-state index is 12.7. The number of carboxylic acid groups (broad SMARTS) is 1. The van der Waals surface area contributed by atoms with E-state index in [4.69, 9.17) is 9.84 Å². The van der Waals surface area contributed by atoms with Crippen LogP contribution in [0, 0.1) is 0 Å². The number of rotatable bonds is 4. The van der Waals surface area contributed by atoms with E-state index in [1.54, 1.807) is 38.1 Å². The third-order valence-corrected chi connectivity index (χ3v) is 5.43. The van der Waals surface area contributed by atoms with Crippen LogP contribution in [-0.4, -0.2) is 49.5 Å². The molecule has 1 aromatic rings. The quantitative estimate of drug-likeness (QED) is 0.893. The van der Waals surface area contributed by atoms with Gasteiger partial charge < -0.3 is 9.84 Å². The van der Waals surface area contributed by atoms with Gasteiger partial charge in [0.25, 0.3) is 0 Å². The van der Waals surface area contributed by atoms with Gasteiger partial charge in [-0.25, -0.2) is 9.10 Å². The number of para-hydroxylation sites is 2. The minimum absolute atomic E-state index is 0.242. The minimum Gasteiger partial charge on any atom is -0.478 e. The van der Waals surface area contributed by atoms with Crippen molar-refractivity contribution in [1.82, 2.24) is 4.31 Å². The van der Waals surface area contributed by atoms with Crippen molar-refractivity contribution in [2.45, 2.75) is 26.0 Å². The van der Waals surface area contributed by atoms with Crippen LogP contribution in [0.3, 0.4) is 0 Å². The molecule has 0 spiro atoms. The molecule has 1 aliphatic rings. The molecule has 1 unspecified atom stereocenters. The summed E-state index contributed by atoms with van der Waals surface area (Å²) in [5, 5.41) is 9.14. The van der Waals surface area contributed by atoms with Crippen LogP contribution in [0.2, 0.25) is 0 Å². The molecule has 7 nitrogen and oxygen atoms in total. The van der Waals surface area contributed by atoms with Crippen molar-refractivity contribution in [3.63, 3.8) is 0 Å². The van der Waals surface area contributed by atoms with Gasteiger partial charge in [0.2, 0.25) is 6.10 Å². The summed E-state index contributed by atoms with van der Waals surface area (Å²) in [7, 11) is -2.35. The lowest BCUT2D eigenvalue weighted by Crippen LogP contribution is -2.52. The Morgan fingerprint density at radius 2 is 2.05 bits per heavy atom. The van der Waals surface area contributed by atoms with Gasteiger partial charge >= 0.3 is 16.2 Å². The van der Waals surface area contributed by atoms with Crippen molar-refractivity contribution in [2.24, 2.45) is 0 Å². The zero-order chi connectivity index (χ0) is 15.8. The van der Waals surface area contributed by atoms with Gasteiger partial charge in [-0.3, -0.25) is 0 Å². The highest BCUT2D eigenvalue weighted by molar-refractivity contribution is 7.90. The Labute approximate surface area is 123 Å². The van der Waals surface area contributed by atoms with Crippen molar-refractivity contribution in [2.75, 3.05) is 17.9 Å². The third-order valence-electron chi connectivity index (χ3n) is 3.38. The van der Waals surface area contributed by atoms with Crippen LogP contribution in [0.25, 0.3) is 0 Å². The molecule has 8 heteroatoms. The largest absolute Gasteiger partial charge is 0.478 e. The second kappa shape index (κ2) is 5.53. The number of nitrogens with zero attached hydrogens (tertiary/aromatic N) is 2. The lowest BCUT2D eigenvalue weighted by atomic mass is 10.2. The van der Waals surface area contributed by atoms with E-state index in [9.17, 15) is 13.2 Å². The van der Waals surface area contributed by atoms with Crippen molar-refractivity contribution in [3.05, 3.63) is 24.3 Å². The third kappa shape index (κ3) is 2.81. The van der Waals surface area contributed by atoms with E-state index in [0.29, 0.717) is 5.69 Å². The average Bonchev–Trinajstić information content (AvgIpc) is 2.44. The monoisotopic (exact) mass is 314 g/mol. The summed E-state index contributed by atoms with van der Waals surface area (Å²) in [5.74, 6) is -0.950. The molecule has 1 aliphatic heterocycles. The lowest BCUT2D eigenvalue weighted by molar-refractivity contribution is -0.144. The van der Waals surface area contributed by atoms with E-state index in [-0.39, 0.29) is 18.3 Å². The number of anilines is 1. The number of benzene rings is 1. The molecule has 1 aromatic carbocycles. The Balaban J connectivity index is 2.49. The molecular weight excluding hydrogens is 296 g/mol. The standard InChI is InChI=1S/C13H18N2O5S/c1-9(2)14(3)21(18,19)15-8-12(13(16)17)20-11-7-5-4-6-10(11)15/h4-7,9,12H,8H2,1-3H3,(H,16,17). The van der Waals surface area contributed by atoms with Gasteiger partial charge in [0.1, 0.15) is 5.75 Å². The van der Waals surface area contributed by atoms with Gasteiger partial charge in [-0.15, -0.1) is 0 Å². The number of hydrogen-bond acceptors (Lipinski definition) is 4. The van der Waals surface area contributed by atoms with E-state index < -0.39 is 22.3 Å². The lowest BCUT2D eigenvalue weighted by Gasteiger charge is -2.36. The molecule has 1 heterocycles. The first kappa shape index (κ1) is 15.6. The average molecular weight is 314 g/mol. The summed E-state index contributed by atoms with van der Waals surface area (Å²) in [6.45, 7) is 3.24. The van der Waals surface area contributed by atoms with E-state index in [0.717, 1.165) is 4.31 Å². The first-order valence-corrected chi connectivity index (χ1v) is 7.89. The highest BCUT2D eigenvalue weighted by atomic mass is 32.2. The fourth-order valence-corrected chi connectivity index (χ4v) is 3.54. The maximum Gasteiger partial charge on any atom is 0.346 e. The minimum atomic E-state index is -3.82. The Bertz CT molecular complexity index is 644. The Hall–Kier alpha value is -1.80. The number of carboxylic acids is 1. The summed E-state index contributed by atoms with van der Waals surface area (Å²) >= 11 is 0. The second-order valence-electron chi connectivity index (χ2n) is 5.06. The Morgan fingerprint density at radius 1 is 1.43 bits per heavy atom. The predicted octanol–water partition coefficient (Wildman–Crippen LogP) is 0.924. The molecule has 0 saturated carbocycles. The predicted molar refractivity (Wildman–Crippen MR) is 77.7 cm³/mol. The Morgan fingerprint density at radius 3 is 2.62 bits per heavy atom. The highest BCUT2D eigenvalue weighted by Gasteiger charge is 2.38. The number of hydrogen-bond donors (Lipinski definition) is 1. The summed E-state index contributed by atoms with van der Waals surface area (Å²) in [6, 6.07) is 6.26. The fraction of sp³-hybridized carbons (Fsp3) is 0.462. The summed E-state index contributed by atoms with van der Waals surface area (Å²) in [5.41, 5.74) is 0.350. The number of carbonyl (C=O) groups is 1. The molecule has 2 rings (SSSR count). The fourth-order valence-electron chi connectivity index (χ4n) is 1.97. The molecule has 1 atom stereocenters. The van der Waals surface area contributed by atoms with Gasteiger partial charge in [0.05, 0.1) is 12.2 Å². The zero-order valence-corrected chi connectivity index (χ0v) is 12.9. The van der Waals surface area contributed by atoms with Crippen LogP contribution in [-0.2, 0) is 15.0 Å². The molecular formula is C13H18N2O5S. The first-order chi connectivity index (χ1) is 9.75. The van der Waals surface area contributed by atoms with Gasteiger partial charge in [0.15, 0.2) is 0 Å². The number of fused-ring (bicyclic) bond motifs is 1. The molecule has 0 aromatic heterocycles. The molecule has 0 radical (unpaired) electrons. The van der Waals surface area contributed by atoms with E-state index in [2.05, 4.69) is 0 Å². The van der Waals surface area contributed by atoms with E-state index >= 15 is 0 Å². The highest BCUT2D eigenvalue weighted by Crippen LogP contribution is 2.35. The van der Waals surface area contributed by atoms with Gasteiger partial charge in [-0.1, -0.05) is 12.1 Å². The number of aliphatic carboxylic acids is 1. The molecule has 21 heavy (non-hydrogen) atoms. The molecule has 0 amide bonds. The molecule has 0 saturated heterocycles. The van der Waals surface area contributed by atoms with Crippen molar-refractivity contribution < 1.29 is 23.1 Å². The molecule has 0 fully saturated rings. The molecule has 116 valence electrons. The van der Waals surface area contributed by atoms with Crippen molar-refractivity contribution in [3.8, 4) is 5.75 Å². The van der Waals surface area contributed by atoms with Crippen LogP contribution in [0.1, 0.15) is 13.8 Å². The van der Waals surface area contributed by atoms with Crippen LogP contribution in [0.5, 0.6) is 5.75 Å². The summed E-state index contributed by atoms with van der Waals surface area (Å²) < 4.78 is 32.9. The van der Waals surface area contributed by atoms with Crippen LogP contribution in [0.4, 0.5) is 5.69 Å². The Kier molecular flexibility index (Phi) is 4.11. The summed E-state index contributed by atoms with van der Waals surface area (Å²) in [6.07, 6.45) is -1.23. The second-order valence-corrected chi connectivity index (χ2v) is 6.97. The van der Waals surface area contributed by atoms with Crippen LogP contribution in [0.15, 0.2) is 24.3 Å². The number of ether oxygens (including phenoxy) is 1. The van der Waals surface area contributed by atoms with E-state index in [1.807, 2.05) is 0 Å². The van der Waals surface area contributed by atoms with Gasteiger partial charge in [0, 0.05) is 13.1 Å². The van der Waals surface area contributed by atoms with Gasteiger partial charge in [-0.2, -0.15) is 12.7 Å². The smallest absolute Gasteiger partial charge is 0.346 e. The maximum absolute atomic E-state index is 12.7. The van der Waals surface area contributed by atoms with Crippen molar-refractivity contribution in [1.29, 1.82) is 0 Å². The molecule has 0 bridgehead atoms. The molecule has 1 N–H and O–H groups in total. The molecule has 0 aliphatic carbocycles. The van der Waals surface area contributed by atoms with Crippen LogP contribution >= 0.6 is 0 Å². The first-order valence-electron chi connectivity index (χ1n) is 6.49. The zero-order valence-electron chi connectivity index (χ0n) is 12.1. The topological polar surface area (TPSA) is 87.2 Å². The SMILES string of the molecule is CC(C)N(C)S(=O)(=O)N1CC(C(=O)O)Oc2ccccc21.